The largest absolute Gasteiger partial charge is 0.379 e. The van der Waals surface area contributed by atoms with Crippen LogP contribution in [0.4, 0.5) is 11.6 Å². The van der Waals surface area contributed by atoms with E-state index in [0.29, 0.717) is 27.3 Å². The molecule has 1 saturated heterocycles. The normalized spacial score (nSPS) is 14.8. The van der Waals surface area contributed by atoms with Gasteiger partial charge in [-0.2, -0.15) is 10.1 Å². The number of ether oxygens (including phenoxy) is 1. The summed E-state index contributed by atoms with van der Waals surface area (Å²) in [4.78, 5) is 11.4. The van der Waals surface area contributed by atoms with Gasteiger partial charge in [-0.25, -0.2) is 18.1 Å². The second kappa shape index (κ2) is 10.7. The Morgan fingerprint density at radius 3 is 2.68 bits per heavy atom. The summed E-state index contributed by atoms with van der Waals surface area (Å²) in [5.74, 6) is 0.545. The Bertz CT molecular complexity index is 1550. The molecule has 0 unspecified atom stereocenters. The number of fused-ring (bicyclic) bond motifs is 1. The van der Waals surface area contributed by atoms with Crippen LogP contribution >= 0.6 is 34.5 Å². The summed E-state index contributed by atoms with van der Waals surface area (Å²) in [7, 11) is -2.05. The molecule has 0 spiro atoms. The van der Waals surface area contributed by atoms with Crippen LogP contribution in [0.25, 0.3) is 22.3 Å². The fraction of sp³-hybridized carbons (Fsp3) is 0.348. The number of nitrogens with one attached hydrogen (secondary N) is 2. The van der Waals surface area contributed by atoms with Gasteiger partial charge in [0.1, 0.15) is 14.9 Å². The van der Waals surface area contributed by atoms with Crippen LogP contribution in [0.5, 0.6) is 0 Å². The van der Waals surface area contributed by atoms with Gasteiger partial charge in [-0.1, -0.05) is 29.3 Å². The summed E-state index contributed by atoms with van der Waals surface area (Å²) in [6.45, 7) is 6.85. The quantitative estimate of drug-likeness (QED) is 0.317. The fourth-order valence-corrected chi connectivity index (χ4v) is 7.40. The number of halogens is 2. The van der Waals surface area contributed by atoms with Crippen LogP contribution in [0.2, 0.25) is 8.67 Å². The molecule has 0 amide bonds. The van der Waals surface area contributed by atoms with Gasteiger partial charge in [-0.3, -0.25) is 9.62 Å². The van der Waals surface area contributed by atoms with Gasteiger partial charge in [0.2, 0.25) is 5.95 Å². The lowest BCUT2D eigenvalue weighted by Gasteiger charge is -2.26. The lowest BCUT2D eigenvalue weighted by molar-refractivity contribution is 0.0398. The first-order valence-corrected chi connectivity index (χ1v) is 14.6. The van der Waals surface area contributed by atoms with Crippen molar-refractivity contribution < 1.29 is 13.2 Å². The molecule has 4 aromatic rings. The van der Waals surface area contributed by atoms with E-state index in [0.717, 1.165) is 67.2 Å². The average Bonchev–Trinajstić information content (AvgIpc) is 3.39. The monoisotopic (exact) mass is 581 g/mol. The molecule has 14 heteroatoms. The highest BCUT2D eigenvalue weighted by Crippen LogP contribution is 2.36. The van der Waals surface area contributed by atoms with Crippen molar-refractivity contribution >= 4 is 67.2 Å². The molecule has 5 rings (SSSR count). The van der Waals surface area contributed by atoms with Crippen LogP contribution in [-0.4, -0.2) is 72.5 Å². The Morgan fingerprint density at radius 1 is 1.19 bits per heavy atom. The SMILES string of the molecule is Cc1cc(-c2nn(C)c3nc(NCCN4CCOCC4)ncc23)ccc1NS(=O)(=O)c1cc(Cl)sc1Cl. The van der Waals surface area contributed by atoms with Crippen molar-refractivity contribution in [2.24, 2.45) is 7.05 Å². The third kappa shape index (κ3) is 5.69. The van der Waals surface area contributed by atoms with Gasteiger partial charge < -0.3 is 10.1 Å². The molecule has 0 bridgehead atoms. The smallest absolute Gasteiger partial charge is 0.264 e. The molecule has 10 nitrogen and oxygen atoms in total. The molecule has 1 aliphatic rings. The van der Waals surface area contributed by atoms with E-state index in [-0.39, 0.29) is 9.23 Å². The number of benzene rings is 1. The van der Waals surface area contributed by atoms with E-state index >= 15 is 0 Å². The number of aromatic nitrogens is 4. The molecule has 196 valence electrons. The first-order chi connectivity index (χ1) is 17.7. The first kappa shape index (κ1) is 26.1. The standard InChI is InChI=1S/C23H25Cl2N7O3S2/c1-14-11-15(3-4-17(14)30-37(33,34)18-12-19(24)36-21(18)25)20-16-13-27-23(28-22(16)31(2)29-20)26-5-6-32-7-9-35-10-8-32/h3-4,11-13,30H,5-10H2,1-2H3,(H,26,27,28). The average molecular weight is 583 g/mol. The molecular formula is C23H25Cl2N7O3S2. The van der Waals surface area contributed by atoms with E-state index in [2.05, 4.69) is 30.0 Å². The minimum atomic E-state index is -3.89. The number of rotatable bonds is 8. The van der Waals surface area contributed by atoms with Crippen molar-refractivity contribution in [3.63, 3.8) is 0 Å². The molecule has 4 heterocycles. The Balaban J connectivity index is 1.34. The van der Waals surface area contributed by atoms with Crippen molar-refractivity contribution in [1.82, 2.24) is 24.6 Å². The van der Waals surface area contributed by atoms with Gasteiger partial charge in [-0.15, -0.1) is 11.3 Å². The zero-order chi connectivity index (χ0) is 26.2. The Labute approximate surface area is 228 Å². The van der Waals surface area contributed by atoms with E-state index in [9.17, 15) is 8.42 Å². The highest BCUT2D eigenvalue weighted by atomic mass is 35.5. The van der Waals surface area contributed by atoms with Gasteiger partial charge in [0, 0.05) is 45.0 Å². The van der Waals surface area contributed by atoms with Crippen LogP contribution < -0.4 is 10.0 Å². The fourth-order valence-electron chi connectivity index (χ4n) is 4.12. The minimum absolute atomic E-state index is 0.0464. The third-order valence-electron chi connectivity index (χ3n) is 6.05. The number of nitrogens with zero attached hydrogens (tertiary/aromatic N) is 5. The molecule has 2 N–H and O–H groups in total. The molecule has 0 saturated carbocycles. The summed E-state index contributed by atoms with van der Waals surface area (Å²) in [6.07, 6.45) is 1.76. The number of anilines is 2. The molecule has 0 radical (unpaired) electrons. The van der Waals surface area contributed by atoms with Crippen LogP contribution in [0.1, 0.15) is 5.56 Å². The number of hydrogen-bond donors (Lipinski definition) is 2. The second-order valence-corrected chi connectivity index (χ2v) is 12.5. The molecule has 0 aliphatic carbocycles. The molecular weight excluding hydrogens is 557 g/mol. The maximum Gasteiger partial charge on any atom is 0.264 e. The zero-order valence-electron chi connectivity index (χ0n) is 20.2. The summed E-state index contributed by atoms with van der Waals surface area (Å²) < 4.78 is 35.8. The summed E-state index contributed by atoms with van der Waals surface area (Å²) >= 11 is 13.0. The van der Waals surface area contributed by atoms with Crippen molar-refractivity contribution in [1.29, 1.82) is 0 Å². The molecule has 1 aliphatic heterocycles. The van der Waals surface area contributed by atoms with E-state index in [1.165, 1.54) is 6.07 Å². The van der Waals surface area contributed by atoms with E-state index in [4.69, 9.17) is 27.9 Å². The van der Waals surface area contributed by atoms with Gasteiger partial charge in [0.05, 0.1) is 28.6 Å². The van der Waals surface area contributed by atoms with Crippen molar-refractivity contribution in [3.05, 3.63) is 44.7 Å². The van der Waals surface area contributed by atoms with Gasteiger partial charge in [0.15, 0.2) is 5.65 Å². The molecule has 1 fully saturated rings. The third-order valence-corrected chi connectivity index (χ3v) is 9.17. The summed E-state index contributed by atoms with van der Waals surface area (Å²) in [6, 6.07) is 6.72. The lowest BCUT2D eigenvalue weighted by Crippen LogP contribution is -2.39. The van der Waals surface area contributed by atoms with Gasteiger partial charge in [0.25, 0.3) is 10.0 Å². The van der Waals surface area contributed by atoms with Crippen molar-refractivity contribution in [3.8, 4) is 11.3 Å². The maximum absolute atomic E-state index is 12.8. The maximum atomic E-state index is 12.8. The lowest BCUT2D eigenvalue weighted by atomic mass is 10.1. The van der Waals surface area contributed by atoms with Crippen molar-refractivity contribution in [2.45, 2.75) is 11.8 Å². The number of hydrogen-bond acceptors (Lipinski definition) is 9. The predicted octanol–water partition coefficient (Wildman–Crippen LogP) is 4.25. The molecule has 37 heavy (non-hydrogen) atoms. The molecule has 1 aromatic carbocycles. The van der Waals surface area contributed by atoms with Crippen molar-refractivity contribution in [2.75, 3.05) is 49.4 Å². The topological polar surface area (TPSA) is 114 Å². The van der Waals surface area contributed by atoms with E-state index < -0.39 is 10.0 Å². The summed E-state index contributed by atoms with van der Waals surface area (Å²) in [5.41, 5.74) is 3.39. The minimum Gasteiger partial charge on any atom is -0.379 e. The van der Waals surface area contributed by atoms with Crippen LogP contribution in [-0.2, 0) is 21.8 Å². The van der Waals surface area contributed by atoms with Gasteiger partial charge >= 0.3 is 0 Å². The highest BCUT2D eigenvalue weighted by molar-refractivity contribution is 7.93. The van der Waals surface area contributed by atoms with Gasteiger partial charge in [-0.05, 0) is 30.7 Å². The van der Waals surface area contributed by atoms with Crippen LogP contribution in [0, 0.1) is 6.92 Å². The summed E-state index contributed by atoms with van der Waals surface area (Å²) in [5, 5.41) is 8.75. The van der Waals surface area contributed by atoms with Crippen LogP contribution in [0.3, 0.4) is 0 Å². The number of thiophene rings is 1. The molecule has 3 aromatic heterocycles. The second-order valence-electron chi connectivity index (χ2n) is 8.61. The van der Waals surface area contributed by atoms with Crippen LogP contribution in [0.15, 0.2) is 35.4 Å². The zero-order valence-corrected chi connectivity index (χ0v) is 23.3. The van der Waals surface area contributed by atoms with E-state index in [1.54, 1.807) is 16.9 Å². The number of aryl methyl sites for hydroxylation is 2. The number of morpholine rings is 1. The Hall–Kier alpha value is -2.48. The Morgan fingerprint density at radius 2 is 1.97 bits per heavy atom. The Kier molecular flexibility index (Phi) is 7.57. The highest BCUT2D eigenvalue weighted by Gasteiger charge is 2.22. The van der Waals surface area contributed by atoms with E-state index in [1.807, 2.05) is 26.1 Å². The predicted molar refractivity (Wildman–Crippen MR) is 147 cm³/mol. The molecule has 0 atom stereocenters. The first-order valence-electron chi connectivity index (χ1n) is 11.5. The number of sulfonamides is 1.